The number of sulfonamides is 1. The molecule has 49 heavy (non-hydrogen) atoms. The summed E-state index contributed by atoms with van der Waals surface area (Å²) in [6.07, 6.45) is 13.3. The van der Waals surface area contributed by atoms with Crippen LogP contribution in [0.5, 0.6) is 0 Å². The van der Waals surface area contributed by atoms with Crippen LogP contribution in [-0.2, 0) is 38.0 Å². The summed E-state index contributed by atoms with van der Waals surface area (Å²) in [5.41, 5.74) is 4.86. The molecule has 5 saturated carbocycles. The molecular weight excluding hydrogens is 631 g/mol. The highest BCUT2D eigenvalue weighted by atomic mass is 32.2. The molecule has 0 unspecified atom stereocenters. The zero-order valence-electron chi connectivity index (χ0n) is 29.0. The summed E-state index contributed by atoms with van der Waals surface area (Å²) in [5.74, 6) is 1.84. The molecule has 260 valence electrons. The Kier molecular flexibility index (Phi) is 9.62. The summed E-state index contributed by atoms with van der Waals surface area (Å²) in [6, 6.07) is 24.9. The van der Waals surface area contributed by atoms with E-state index in [0.29, 0.717) is 12.1 Å². The molecule has 0 aliphatic heterocycles. The Labute approximate surface area is 292 Å². The van der Waals surface area contributed by atoms with Gasteiger partial charge in [-0.15, -0.1) is 0 Å². The van der Waals surface area contributed by atoms with E-state index in [4.69, 9.17) is 0 Å². The normalized spacial score (nSPS) is 25.2. The standard InChI is InChI=1S/C41H51N3O4S/c1-29-10-6-7-13-34(29)27-43(38(23-30-11-4-3-5-12-30)40(46)42-36-14-8-9-15-36)39(45)28-44(49(2,47)48)37-18-16-35(17-19-37)41-24-31-20-32(25-41)22-33(21-31)26-41/h3-7,10-13,16-19,31-33,36,38H,8-9,14-15,20-28H2,1-2H3,(H,42,46)/t31?,32?,33?,38-,41?/m1/s1. The molecule has 1 atom stereocenters. The summed E-state index contributed by atoms with van der Waals surface area (Å²) in [6.45, 7) is 1.81. The maximum atomic E-state index is 14.6. The number of hydrogen-bond donors (Lipinski definition) is 1. The second-order valence-corrected chi connectivity index (χ2v) is 17.6. The van der Waals surface area contributed by atoms with Crippen LogP contribution in [0.25, 0.3) is 0 Å². The van der Waals surface area contributed by atoms with Crippen LogP contribution >= 0.6 is 0 Å². The van der Waals surface area contributed by atoms with E-state index in [-0.39, 0.29) is 30.5 Å². The Morgan fingerprint density at radius 2 is 1.43 bits per heavy atom. The topological polar surface area (TPSA) is 86.8 Å². The fourth-order valence-electron chi connectivity index (χ4n) is 9.95. The lowest BCUT2D eigenvalue weighted by Gasteiger charge is -2.57. The fourth-order valence-corrected chi connectivity index (χ4v) is 10.8. The first-order valence-corrected chi connectivity index (χ1v) is 20.2. The molecule has 3 aromatic carbocycles. The number of carbonyl (C=O) groups excluding carboxylic acids is 2. The molecule has 0 radical (unpaired) electrons. The summed E-state index contributed by atoms with van der Waals surface area (Å²) in [4.78, 5) is 30.4. The number of anilines is 1. The van der Waals surface area contributed by atoms with Gasteiger partial charge in [-0.2, -0.15) is 0 Å². The van der Waals surface area contributed by atoms with Gasteiger partial charge in [0.05, 0.1) is 11.9 Å². The predicted octanol–water partition coefficient (Wildman–Crippen LogP) is 6.93. The third kappa shape index (κ3) is 7.45. The van der Waals surface area contributed by atoms with Crippen molar-refractivity contribution >= 4 is 27.5 Å². The highest BCUT2D eigenvalue weighted by Gasteiger charge is 2.51. The number of nitrogens with one attached hydrogen (secondary N) is 1. The van der Waals surface area contributed by atoms with Gasteiger partial charge in [0.25, 0.3) is 0 Å². The first-order chi connectivity index (χ1) is 23.6. The van der Waals surface area contributed by atoms with Crippen molar-refractivity contribution in [3.05, 3.63) is 101 Å². The monoisotopic (exact) mass is 681 g/mol. The van der Waals surface area contributed by atoms with E-state index in [0.717, 1.165) is 66.4 Å². The highest BCUT2D eigenvalue weighted by Crippen LogP contribution is 2.60. The van der Waals surface area contributed by atoms with Crippen molar-refractivity contribution in [1.82, 2.24) is 10.2 Å². The molecule has 3 aromatic rings. The van der Waals surface area contributed by atoms with Crippen molar-refractivity contribution in [1.29, 1.82) is 0 Å². The second kappa shape index (κ2) is 13.9. The summed E-state index contributed by atoms with van der Waals surface area (Å²) < 4.78 is 28.0. The van der Waals surface area contributed by atoms with Gasteiger partial charge in [-0.05, 0) is 116 Å². The average Bonchev–Trinajstić information content (AvgIpc) is 3.58. The van der Waals surface area contributed by atoms with E-state index in [9.17, 15) is 18.0 Å². The van der Waals surface area contributed by atoms with Gasteiger partial charge in [0.1, 0.15) is 12.6 Å². The lowest BCUT2D eigenvalue weighted by atomic mass is 9.48. The molecule has 0 saturated heterocycles. The molecule has 5 aliphatic carbocycles. The maximum absolute atomic E-state index is 14.6. The van der Waals surface area contributed by atoms with Gasteiger partial charge in [-0.3, -0.25) is 13.9 Å². The third-order valence-electron chi connectivity index (χ3n) is 12.1. The third-order valence-corrected chi connectivity index (χ3v) is 13.2. The number of amides is 2. The molecule has 4 bridgehead atoms. The lowest BCUT2D eigenvalue weighted by Crippen LogP contribution is -2.54. The number of nitrogens with zero attached hydrogens (tertiary/aromatic N) is 2. The van der Waals surface area contributed by atoms with Crippen LogP contribution in [0.3, 0.4) is 0 Å². The maximum Gasteiger partial charge on any atom is 0.244 e. The number of hydrogen-bond acceptors (Lipinski definition) is 4. The van der Waals surface area contributed by atoms with E-state index in [1.54, 1.807) is 4.90 Å². The smallest absolute Gasteiger partial charge is 0.244 e. The minimum Gasteiger partial charge on any atom is -0.352 e. The van der Waals surface area contributed by atoms with Crippen molar-refractivity contribution in [2.45, 2.75) is 102 Å². The average molecular weight is 682 g/mol. The van der Waals surface area contributed by atoms with Crippen LogP contribution in [-0.4, -0.2) is 50.0 Å². The number of carbonyl (C=O) groups is 2. The molecule has 7 nitrogen and oxygen atoms in total. The number of rotatable bonds is 12. The van der Waals surface area contributed by atoms with Gasteiger partial charge in [0.15, 0.2) is 0 Å². The van der Waals surface area contributed by atoms with E-state index >= 15 is 0 Å². The van der Waals surface area contributed by atoms with E-state index < -0.39 is 22.0 Å². The first kappa shape index (κ1) is 33.8. The van der Waals surface area contributed by atoms with Crippen molar-refractivity contribution in [2.24, 2.45) is 17.8 Å². The van der Waals surface area contributed by atoms with Gasteiger partial charge in [0, 0.05) is 19.0 Å². The Morgan fingerprint density at radius 1 is 0.837 bits per heavy atom. The zero-order chi connectivity index (χ0) is 34.2. The van der Waals surface area contributed by atoms with Crippen LogP contribution in [0.15, 0.2) is 78.9 Å². The predicted molar refractivity (Wildman–Crippen MR) is 195 cm³/mol. The van der Waals surface area contributed by atoms with Crippen LogP contribution in [0.2, 0.25) is 0 Å². The minimum absolute atomic E-state index is 0.0844. The second-order valence-electron chi connectivity index (χ2n) is 15.7. The molecule has 2 amide bonds. The van der Waals surface area contributed by atoms with Gasteiger partial charge < -0.3 is 10.2 Å². The van der Waals surface area contributed by atoms with Crippen molar-refractivity contribution in [3.63, 3.8) is 0 Å². The molecular formula is C41H51N3O4S. The Morgan fingerprint density at radius 3 is 2.02 bits per heavy atom. The van der Waals surface area contributed by atoms with Crippen molar-refractivity contribution in [3.8, 4) is 0 Å². The largest absolute Gasteiger partial charge is 0.352 e. The van der Waals surface area contributed by atoms with Gasteiger partial charge in [-0.25, -0.2) is 8.42 Å². The van der Waals surface area contributed by atoms with Crippen molar-refractivity contribution < 1.29 is 18.0 Å². The Bertz CT molecular complexity index is 1720. The number of aryl methyl sites for hydroxylation is 1. The molecule has 0 heterocycles. The molecule has 0 aromatic heterocycles. The Hall–Kier alpha value is -3.65. The van der Waals surface area contributed by atoms with Crippen LogP contribution in [0.4, 0.5) is 5.69 Å². The molecule has 8 rings (SSSR count). The van der Waals surface area contributed by atoms with Gasteiger partial charge in [0.2, 0.25) is 21.8 Å². The van der Waals surface area contributed by atoms with Crippen LogP contribution < -0.4 is 9.62 Å². The molecule has 0 spiro atoms. The molecule has 1 N–H and O–H groups in total. The SMILES string of the molecule is Cc1ccccc1CN(C(=O)CN(c1ccc(C23CC4CC(CC(C4)C2)C3)cc1)S(C)(=O)=O)[C@H](Cc1ccccc1)C(=O)NC1CCCC1. The van der Waals surface area contributed by atoms with Crippen molar-refractivity contribution in [2.75, 3.05) is 17.1 Å². The fraction of sp³-hybridized carbons (Fsp3) is 0.512. The minimum atomic E-state index is -3.82. The number of benzene rings is 3. The van der Waals surface area contributed by atoms with Crippen LogP contribution in [0, 0.1) is 24.7 Å². The van der Waals surface area contributed by atoms with E-state index in [2.05, 4.69) is 17.4 Å². The van der Waals surface area contributed by atoms with Gasteiger partial charge >= 0.3 is 0 Å². The summed E-state index contributed by atoms with van der Waals surface area (Å²) in [7, 11) is -3.82. The zero-order valence-corrected chi connectivity index (χ0v) is 29.8. The van der Waals surface area contributed by atoms with Crippen LogP contribution in [0.1, 0.15) is 86.5 Å². The van der Waals surface area contributed by atoms with E-state index in [1.807, 2.05) is 73.7 Å². The summed E-state index contributed by atoms with van der Waals surface area (Å²) in [5, 5.41) is 3.25. The molecule has 5 aliphatic rings. The first-order valence-electron chi connectivity index (χ1n) is 18.3. The molecule has 5 fully saturated rings. The highest BCUT2D eigenvalue weighted by molar-refractivity contribution is 7.92. The summed E-state index contributed by atoms with van der Waals surface area (Å²) >= 11 is 0. The quantitative estimate of drug-likeness (QED) is 0.225. The lowest BCUT2D eigenvalue weighted by molar-refractivity contribution is -0.140. The van der Waals surface area contributed by atoms with E-state index in [1.165, 1.54) is 48.4 Å². The molecule has 8 heteroatoms. The Balaban J connectivity index is 1.19. The van der Waals surface area contributed by atoms with Gasteiger partial charge in [-0.1, -0.05) is 79.6 Å².